The number of anilines is 5. The first kappa shape index (κ1) is 25.6. The van der Waals surface area contributed by atoms with Gasteiger partial charge in [-0.05, 0) is 69.3 Å². The van der Waals surface area contributed by atoms with Crippen LogP contribution in [0.25, 0.3) is 0 Å². The molecule has 36 heavy (non-hydrogen) atoms. The molecule has 192 valence electrons. The van der Waals surface area contributed by atoms with Gasteiger partial charge in [0.25, 0.3) is 0 Å². The molecule has 1 aromatic heterocycles. The van der Waals surface area contributed by atoms with Crippen molar-refractivity contribution < 1.29 is 17.5 Å². The van der Waals surface area contributed by atoms with E-state index in [1.165, 1.54) is 26.2 Å². The average molecular weight is 515 g/mol. The summed E-state index contributed by atoms with van der Waals surface area (Å²) in [5.41, 5.74) is 1.37. The Morgan fingerprint density at radius 1 is 1.00 bits per heavy atom. The van der Waals surface area contributed by atoms with Crippen LogP contribution in [0, 0.1) is 5.82 Å². The van der Waals surface area contributed by atoms with Crippen LogP contribution in [-0.2, 0) is 10.0 Å². The molecule has 0 radical (unpaired) electrons. The molecule has 1 fully saturated rings. The maximum atomic E-state index is 14.5. The normalized spacial score (nSPS) is 14.3. The van der Waals surface area contributed by atoms with E-state index >= 15 is 0 Å². The molecule has 3 N–H and O–H groups in total. The van der Waals surface area contributed by atoms with Gasteiger partial charge >= 0.3 is 0 Å². The molecule has 2 aromatic carbocycles. The van der Waals surface area contributed by atoms with Gasteiger partial charge < -0.3 is 15.4 Å². The minimum Gasteiger partial charge on any atom is -0.492 e. The summed E-state index contributed by atoms with van der Waals surface area (Å²) in [4.78, 5) is 10.7. The molecular weight excluding hydrogens is 483 g/mol. The lowest BCUT2D eigenvalue weighted by molar-refractivity contribution is 0.183. The molecule has 1 aliphatic heterocycles. The monoisotopic (exact) mass is 514 g/mol. The molecule has 1 aliphatic rings. The Labute approximate surface area is 211 Å². The second-order valence-electron chi connectivity index (χ2n) is 8.47. The minimum absolute atomic E-state index is 0.0838. The third kappa shape index (κ3) is 7.28. The van der Waals surface area contributed by atoms with Gasteiger partial charge in [0.15, 0.2) is 11.6 Å². The largest absolute Gasteiger partial charge is 0.492 e. The van der Waals surface area contributed by atoms with Gasteiger partial charge in [-0.25, -0.2) is 17.8 Å². The third-order valence-electron chi connectivity index (χ3n) is 5.81. The second kappa shape index (κ2) is 12.0. The summed E-state index contributed by atoms with van der Waals surface area (Å²) in [5.74, 6) is 0.106. The Hall–Kier alpha value is -3.44. The van der Waals surface area contributed by atoms with Crippen LogP contribution in [0.1, 0.15) is 26.2 Å². The second-order valence-corrected chi connectivity index (χ2v) is 10.5. The van der Waals surface area contributed by atoms with E-state index in [1.807, 2.05) is 24.3 Å². The van der Waals surface area contributed by atoms with Crippen molar-refractivity contribution in [2.75, 3.05) is 47.3 Å². The maximum Gasteiger partial charge on any atom is 0.232 e. The number of hydrogen-bond acceptors (Lipinski definition) is 8. The van der Waals surface area contributed by atoms with Crippen molar-refractivity contribution in [1.82, 2.24) is 14.9 Å². The van der Waals surface area contributed by atoms with E-state index in [4.69, 9.17) is 4.74 Å². The van der Waals surface area contributed by atoms with Crippen LogP contribution in [0.3, 0.4) is 0 Å². The molecule has 0 atom stereocenters. The number of halogens is 1. The number of piperidine rings is 1. The van der Waals surface area contributed by atoms with Gasteiger partial charge in [-0.2, -0.15) is 4.98 Å². The SMILES string of the molecule is CCS(=O)(=O)Nc1ccccc1Nc1nc(Nc2ccc(OCCN3CCCCC3)cc2)ncc1F. The minimum atomic E-state index is -3.50. The quantitative estimate of drug-likeness (QED) is 0.337. The number of sulfonamides is 1. The first-order valence-electron chi connectivity index (χ1n) is 12.0. The van der Waals surface area contributed by atoms with E-state index in [9.17, 15) is 12.8 Å². The van der Waals surface area contributed by atoms with Crippen LogP contribution < -0.4 is 20.1 Å². The molecule has 0 unspecified atom stereocenters. The Morgan fingerprint density at radius 3 is 2.44 bits per heavy atom. The van der Waals surface area contributed by atoms with E-state index in [1.54, 1.807) is 24.3 Å². The molecule has 4 rings (SSSR count). The molecule has 3 aromatic rings. The highest BCUT2D eigenvalue weighted by Gasteiger charge is 2.14. The van der Waals surface area contributed by atoms with Crippen LogP contribution in [-0.4, -0.2) is 55.3 Å². The number of aromatic nitrogens is 2. The Balaban J connectivity index is 1.38. The summed E-state index contributed by atoms with van der Waals surface area (Å²) < 4.78 is 46.8. The van der Waals surface area contributed by atoms with Crippen molar-refractivity contribution in [3.8, 4) is 5.75 Å². The van der Waals surface area contributed by atoms with Gasteiger partial charge in [0.2, 0.25) is 16.0 Å². The predicted molar refractivity (Wildman–Crippen MR) is 140 cm³/mol. The summed E-state index contributed by atoms with van der Waals surface area (Å²) >= 11 is 0. The lowest BCUT2D eigenvalue weighted by atomic mass is 10.1. The van der Waals surface area contributed by atoms with E-state index in [2.05, 4.69) is 30.2 Å². The molecule has 0 amide bonds. The van der Waals surface area contributed by atoms with Crippen molar-refractivity contribution in [3.05, 3.63) is 60.5 Å². The number of ether oxygens (including phenoxy) is 1. The fourth-order valence-electron chi connectivity index (χ4n) is 3.80. The molecular formula is C25H31FN6O3S. The zero-order chi connectivity index (χ0) is 25.4. The number of nitrogens with one attached hydrogen (secondary N) is 3. The van der Waals surface area contributed by atoms with Gasteiger partial charge in [-0.15, -0.1) is 0 Å². The summed E-state index contributed by atoms with van der Waals surface area (Å²) in [5, 5.41) is 5.91. The van der Waals surface area contributed by atoms with Crippen molar-refractivity contribution in [2.24, 2.45) is 0 Å². The van der Waals surface area contributed by atoms with Crippen molar-refractivity contribution in [2.45, 2.75) is 26.2 Å². The first-order chi connectivity index (χ1) is 17.4. The summed E-state index contributed by atoms with van der Waals surface area (Å²) in [7, 11) is -3.50. The number of hydrogen-bond donors (Lipinski definition) is 3. The molecule has 0 spiro atoms. The molecule has 11 heteroatoms. The Morgan fingerprint density at radius 2 is 1.72 bits per heavy atom. The summed E-state index contributed by atoms with van der Waals surface area (Å²) in [6.45, 7) is 5.37. The van der Waals surface area contributed by atoms with Crippen LogP contribution in [0.2, 0.25) is 0 Å². The number of benzene rings is 2. The van der Waals surface area contributed by atoms with E-state index < -0.39 is 15.8 Å². The number of likely N-dealkylation sites (tertiary alicyclic amines) is 1. The zero-order valence-corrected chi connectivity index (χ0v) is 21.0. The topological polar surface area (TPSA) is 108 Å². The fourth-order valence-corrected chi connectivity index (χ4v) is 4.46. The van der Waals surface area contributed by atoms with Gasteiger partial charge in [-0.3, -0.25) is 9.62 Å². The van der Waals surface area contributed by atoms with Gasteiger partial charge in [0.05, 0.1) is 23.3 Å². The smallest absolute Gasteiger partial charge is 0.232 e. The summed E-state index contributed by atoms with van der Waals surface area (Å²) in [6.07, 6.45) is 4.88. The molecule has 0 aliphatic carbocycles. The number of para-hydroxylation sites is 2. The Kier molecular flexibility index (Phi) is 8.55. The summed E-state index contributed by atoms with van der Waals surface area (Å²) in [6, 6.07) is 14.0. The molecule has 0 saturated carbocycles. The lowest BCUT2D eigenvalue weighted by Crippen LogP contribution is -2.33. The Bertz CT molecular complexity index is 1250. The fraction of sp³-hybridized carbons (Fsp3) is 0.360. The number of rotatable bonds is 11. The predicted octanol–water partition coefficient (Wildman–Crippen LogP) is 4.73. The zero-order valence-electron chi connectivity index (χ0n) is 20.2. The molecule has 1 saturated heterocycles. The van der Waals surface area contributed by atoms with Crippen molar-refractivity contribution >= 4 is 38.9 Å². The molecule has 2 heterocycles. The molecule has 0 bridgehead atoms. The highest BCUT2D eigenvalue weighted by molar-refractivity contribution is 7.92. The van der Waals surface area contributed by atoms with Gasteiger partial charge in [-0.1, -0.05) is 18.6 Å². The van der Waals surface area contributed by atoms with Crippen LogP contribution in [0.5, 0.6) is 5.75 Å². The van der Waals surface area contributed by atoms with E-state index in [-0.39, 0.29) is 17.5 Å². The van der Waals surface area contributed by atoms with E-state index in [0.29, 0.717) is 23.7 Å². The third-order valence-corrected chi connectivity index (χ3v) is 7.10. The average Bonchev–Trinajstić information content (AvgIpc) is 2.89. The standard InChI is InChI=1S/C25H31FN6O3S/c1-2-36(33,34)31-23-9-5-4-8-22(23)29-24-21(26)18-27-25(30-24)28-19-10-12-20(13-11-19)35-17-16-32-14-6-3-7-15-32/h4-5,8-13,18,31H,2-3,6-7,14-17H2,1H3,(H2,27,28,29,30). The van der Waals surface area contributed by atoms with Crippen molar-refractivity contribution in [1.29, 1.82) is 0 Å². The lowest BCUT2D eigenvalue weighted by Gasteiger charge is -2.26. The molecule has 9 nitrogen and oxygen atoms in total. The van der Waals surface area contributed by atoms with Crippen molar-refractivity contribution in [3.63, 3.8) is 0 Å². The highest BCUT2D eigenvalue weighted by Crippen LogP contribution is 2.27. The van der Waals surface area contributed by atoms with Gasteiger partial charge in [0, 0.05) is 12.2 Å². The van der Waals surface area contributed by atoms with E-state index in [0.717, 1.165) is 31.6 Å². The van der Waals surface area contributed by atoms with Crippen LogP contribution >= 0.6 is 0 Å². The van der Waals surface area contributed by atoms with Crippen LogP contribution in [0.15, 0.2) is 54.7 Å². The number of nitrogens with zero attached hydrogens (tertiary/aromatic N) is 3. The van der Waals surface area contributed by atoms with Crippen LogP contribution in [0.4, 0.5) is 33.2 Å². The highest BCUT2D eigenvalue weighted by atomic mass is 32.2. The maximum absolute atomic E-state index is 14.5. The van der Waals surface area contributed by atoms with Gasteiger partial charge in [0.1, 0.15) is 12.4 Å². The first-order valence-corrected chi connectivity index (χ1v) is 13.7.